The zero-order valence-electron chi connectivity index (χ0n) is 87.7. The number of benzene rings is 2. The lowest BCUT2D eigenvalue weighted by Gasteiger charge is -2.41. The topological polar surface area (TPSA) is 391 Å². The van der Waals surface area contributed by atoms with Crippen molar-refractivity contribution in [3.8, 4) is 34.5 Å². The second-order valence-corrected chi connectivity index (χ2v) is 43.4. The Morgan fingerprint density at radius 1 is 0.349 bits per heavy atom. The molecule has 0 radical (unpaired) electrons. The molecule has 32 nitrogen and oxygen atoms in total. The zero-order chi connectivity index (χ0) is 104. The van der Waals surface area contributed by atoms with Crippen molar-refractivity contribution in [3.63, 3.8) is 0 Å². The molecule has 0 unspecified atom stereocenters. The zero-order valence-corrected chi connectivity index (χ0v) is 87.7. The minimum atomic E-state index is -0.482. The van der Waals surface area contributed by atoms with E-state index in [1.807, 2.05) is 166 Å². The molecule has 6 aliphatic carbocycles. The first-order chi connectivity index (χ1) is 70.4. The van der Waals surface area contributed by atoms with Gasteiger partial charge in [0.1, 0.15) is 84.3 Å². The lowest BCUT2D eigenvalue weighted by Crippen LogP contribution is -2.55. The molecular formula is C114H158N14O18. The number of ether oxygens (including phenoxy) is 8. The predicted molar refractivity (Wildman–Crippen MR) is 556 cm³/mol. The molecule has 6 N–H and O–H groups in total. The van der Waals surface area contributed by atoms with Gasteiger partial charge in [0.05, 0.1) is 61.9 Å². The van der Waals surface area contributed by atoms with Gasteiger partial charge in [0.15, 0.2) is 0 Å². The van der Waals surface area contributed by atoms with Gasteiger partial charge in [-0.15, -0.1) is 0 Å². The third kappa shape index (κ3) is 35.8. The van der Waals surface area contributed by atoms with Crippen LogP contribution in [0.4, 0.5) is 24.0 Å². The number of hydrogen-bond donors (Lipinski definition) is 6. The van der Waals surface area contributed by atoms with E-state index >= 15 is 0 Å². The molecule has 12 aliphatic rings. The Balaban J connectivity index is 0.000000141. The summed E-state index contributed by atoms with van der Waals surface area (Å²) in [7, 11) is 0. The van der Waals surface area contributed by atoms with Crippen LogP contribution in [0, 0.1) is 35.5 Å². The lowest BCUT2D eigenvalue weighted by molar-refractivity contribution is -0.0169. The number of hydrogen-bond acceptors (Lipinski definition) is 25. The Labute approximate surface area is 862 Å². The van der Waals surface area contributed by atoms with E-state index in [9.17, 15) is 34.2 Å². The van der Waals surface area contributed by atoms with Crippen molar-refractivity contribution in [1.82, 2.24) is 59.7 Å². The van der Waals surface area contributed by atoms with E-state index in [4.69, 9.17) is 53.2 Å². The molecule has 12 heterocycles. The maximum Gasteiger partial charge on any atom is 0.410 e. The molecule has 12 fully saturated rings. The SMILES string of the molecule is CC(C)(C)OC(=O)N1CC[C@H]1CO.CC(C)(C)OC(=O)N1CC[C@H]1COc1cncc([C@H]2C[C@@H]2CO)c1.CC[C@H]1C[C@@H]1c1cncc(O)c1.CC[C@H]1C[C@@H]1c1cncc(OC[C@@H]2CCN2C(=O)OC(C)(C)C)c1.CC[C@H]1C[C@@H]1c1cncc(OCc2ccccc2)c1.O=C(N=NC(=O)N1CCCCC1)N1CCCCC1.OC[C@H]1C[C@@H]1c1cncc(OC[C@@H]2CCN2)c1.OC[C@H]1C[C@@H]1c1cncc(OCc2ccccc2)c1. The fourth-order valence-corrected chi connectivity index (χ4v) is 18.6. The third-order valence-corrected chi connectivity index (χ3v) is 28.6. The van der Waals surface area contributed by atoms with E-state index in [0.717, 1.165) is 175 Å². The average molecular weight is 2010 g/mol. The molecule has 6 aliphatic heterocycles. The molecule has 7 amide bonds. The smallest absolute Gasteiger partial charge is 0.410 e. The first-order valence-corrected chi connectivity index (χ1v) is 53.1. The van der Waals surface area contributed by atoms with Gasteiger partial charge in [0.25, 0.3) is 0 Å². The van der Waals surface area contributed by atoms with Crippen molar-refractivity contribution in [2.24, 2.45) is 45.7 Å². The number of aliphatic hydroxyl groups excluding tert-OH is 4. The molecule has 6 aromatic heterocycles. The largest absolute Gasteiger partial charge is 0.506 e. The van der Waals surface area contributed by atoms with E-state index in [1.165, 1.54) is 84.5 Å². The summed E-state index contributed by atoms with van der Waals surface area (Å²) < 4.78 is 45.0. The van der Waals surface area contributed by atoms with Crippen LogP contribution >= 0.6 is 0 Å². The number of nitrogens with zero attached hydrogens (tertiary/aromatic N) is 13. The minimum Gasteiger partial charge on any atom is -0.506 e. The summed E-state index contributed by atoms with van der Waals surface area (Å²) in [5, 5.41) is 55.8. The number of carbonyl (C=O) groups excluding carboxylic acids is 5. The maximum absolute atomic E-state index is 12.1. The van der Waals surface area contributed by atoms with Crippen LogP contribution < -0.4 is 29.0 Å². The first kappa shape index (κ1) is 111. The van der Waals surface area contributed by atoms with Crippen LogP contribution in [-0.2, 0) is 27.4 Å². The van der Waals surface area contributed by atoms with Crippen LogP contribution in [0.5, 0.6) is 34.5 Å². The Kier molecular flexibility index (Phi) is 41.5. The number of carbonyl (C=O) groups is 5. The number of likely N-dealkylation sites (tertiary alicyclic amines) is 5. The van der Waals surface area contributed by atoms with Crippen LogP contribution in [0.1, 0.15) is 285 Å². The molecule has 16 atom stereocenters. The highest BCUT2D eigenvalue weighted by Gasteiger charge is 2.44. The van der Waals surface area contributed by atoms with Crippen molar-refractivity contribution in [2.45, 2.75) is 295 Å². The Hall–Kier alpha value is -11.7. The minimum absolute atomic E-state index is 0.0270. The van der Waals surface area contributed by atoms with Gasteiger partial charge in [-0.05, 0) is 324 Å². The average Bonchev–Trinajstić information content (AvgIpc) is 1.68. The Morgan fingerprint density at radius 3 is 0.897 bits per heavy atom. The second-order valence-electron chi connectivity index (χ2n) is 43.4. The summed E-state index contributed by atoms with van der Waals surface area (Å²) in [6, 6.07) is 32.3. The molecular weight excluding hydrogens is 1850 g/mol. The van der Waals surface area contributed by atoms with Crippen LogP contribution in [0.2, 0.25) is 0 Å². The quantitative estimate of drug-likeness (QED) is 0.0196. The summed E-state index contributed by atoms with van der Waals surface area (Å²) in [5.74, 6) is 11.3. The van der Waals surface area contributed by atoms with Gasteiger partial charge in [-0.3, -0.25) is 29.9 Å². The molecule has 6 saturated heterocycles. The van der Waals surface area contributed by atoms with Crippen LogP contribution in [0.3, 0.4) is 0 Å². The number of aromatic nitrogens is 6. The van der Waals surface area contributed by atoms with Crippen molar-refractivity contribution >= 4 is 30.3 Å². The first-order valence-electron chi connectivity index (χ1n) is 53.1. The van der Waals surface area contributed by atoms with Gasteiger partial charge in [-0.25, -0.2) is 24.0 Å². The number of pyridine rings is 6. The van der Waals surface area contributed by atoms with E-state index < -0.39 is 16.8 Å². The third-order valence-electron chi connectivity index (χ3n) is 28.6. The Bertz CT molecular complexity index is 5180. The van der Waals surface area contributed by atoms with Gasteiger partial charge in [-0.1, -0.05) is 111 Å². The fourth-order valence-electron chi connectivity index (χ4n) is 18.6. The van der Waals surface area contributed by atoms with E-state index in [0.29, 0.717) is 105 Å². The van der Waals surface area contributed by atoms with Gasteiger partial charge in [-0.2, -0.15) is 0 Å². The van der Waals surface area contributed by atoms with E-state index in [-0.39, 0.29) is 80.6 Å². The van der Waals surface area contributed by atoms with Crippen molar-refractivity contribution in [2.75, 3.05) is 98.6 Å². The summed E-state index contributed by atoms with van der Waals surface area (Å²) in [5.41, 5.74) is 8.22. The standard InChI is InChI=1S/C19H28N2O3.C18H26N2O4.C17H19NO.C16H17NO2.C13H18N2O2.C12H20N4O2.C10H13NO.C9H17NO3/c1-5-13-9-17(13)14-8-16(11-20-10-14)23-12-15-6-7-21(15)18(22)24-19(2,3)4;1-18(2,3)24-17(22)20-5-4-14(20)11-23-15-6-12(8-19-9-15)16-7-13(16)10-21;1-2-14-9-17(14)15-8-16(11-18-10-15)19-12-13-6-4-3-5-7-13;18-10-14-7-16(14)13-6-15(9-17-8-13)19-11-12-4-2-1-3-5-12;16-7-10-4-13(10)9-3-12(6-14-5-9)17-8-11-1-2-15-11;17-11(15-7-3-1-4-8-15)13-14-12(18)16-9-5-2-6-10-16;1-2-7-4-10(7)8-3-9(12)6-11-5-8;1-9(2,3)13-8(12)10-5-4-7(10)6-11/h8,10-11,13,15,17H,5-7,9,12H2,1-4H3;6,8-9,13-14,16,21H,4-5,7,10-11H2,1-3H3;3-8,10-11,14,17H,2,9,12H2,1H3;1-6,8-9,14,16,18H,7,10-11H2;3,5-6,10-11,13,15-16H,1-2,4,7-8H2;1-10H2;3,5-7,10,12H,2,4H2,1H3;7,11H,4-6H2,1-3H3/t13-,15-,17-;13-,14+,16-;14-,17-;14-,16-;10-,11+,13-;;7-,10-;7-/m01011.00/s1. The number of urea groups is 2. The molecule has 792 valence electrons. The number of amides is 7. The molecule has 6 saturated carbocycles. The lowest BCUT2D eigenvalue weighted by atomic mass is 10.1. The molecule has 32 heteroatoms. The Morgan fingerprint density at radius 2 is 0.637 bits per heavy atom. The summed E-state index contributed by atoms with van der Waals surface area (Å²) >= 11 is 0. The van der Waals surface area contributed by atoms with Gasteiger partial charge in [0, 0.05) is 109 Å². The highest BCUT2D eigenvalue weighted by Crippen LogP contribution is 2.53. The molecule has 2 aromatic carbocycles. The highest BCUT2D eigenvalue weighted by atomic mass is 16.6. The molecule has 20 rings (SSSR count). The van der Waals surface area contributed by atoms with Crippen LogP contribution in [-0.4, -0.2) is 250 Å². The van der Waals surface area contributed by atoms with Gasteiger partial charge >= 0.3 is 30.3 Å². The van der Waals surface area contributed by atoms with Crippen LogP contribution in [0.15, 0.2) is 182 Å². The second kappa shape index (κ2) is 54.3. The summed E-state index contributed by atoms with van der Waals surface area (Å²) in [6.07, 6.45) is 41.8. The number of aliphatic hydroxyl groups is 4. The van der Waals surface area contributed by atoms with Crippen molar-refractivity contribution in [1.29, 1.82) is 0 Å². The molecule has 8 aromatic rings. The fraction of sp³-hybridized carbons (Fsp3) is 0.588. The number of piperidine rings is 2. The number of rotatable bonds is 28. The number of nitrogens with one attached hydrogen (secondary N) is 1. The van der Waals surface area contributed by atoms with Gasteiger partial charge < -0.3 is 93.2 Å². The summed E-state index contributed by atoms with van der Waals surface area (Å²) in [4.78, 5) is 92.6. The monoisotopic (exact) mass is 2010 g/mol. The van der Waals surface area contributed by atoms with E-state index in [2.05, 4.69) is 96.6 Å². The highest BCUT2D eigenvalue weighted by molar-refractivity contribution is 5.80. The number of azo groups is 1. The molecule has 0 bridgehead atoms. The maximum atomic E-state index is 12.1. The van der Waals surface area contributed by atoms with E-state index in [1.54, 1.807) is 55.5 Å². The van der Waals surface area contributed by atoms with Gasteiger partial charge in [0.2, 0.25) is 0 Å². The van der Waals surface area contributed by atoms with Crippen LogP contribution in [0.25, 0.3) is 0 Å². The van der Waals surface area contributed by atoms with Crippen molar-refractivity contribution < 1.29 is 87.4 Å². The number of aromatic hydroxyl groups is 1. The predicted octanol–water partition coefficient (Wildman–Crippen LogP) is 20.3. The van der Waals surface area contributed by atoms with Crippen molar-refractivity contribution in [3.05, 3.63) is 216 Å². The molecule has 0 spiro atoms. The normalized spacial score (nSPS) is 24.4. The summed E-state index contributed by atoms with van der Waals surface area (Å²) in [6.45, 7) is 33.2. The molecule has 146 heavy (non-hydrogen) atoms.